The van der Waals surface area contributed by atoms with E-state index in [-0.39, 0.29) is 63.5 Å². The summed E-state index contributed by atoms with van der Waals surface area (Å²) >= 11 is 0. The van der Waals surface area contributed by atoms with Gasteiger partial charge in [-0.05, 0) is 34.6 Å². The molecule has 0 atom stereocenters. The maximum absolute atomic E-state index is 12.7. The Hall–Kier alpha value is -2.74. The molecule has 0 aliphatic carbocycles. The standard InChI is InChI=1S/C21H36N2O10Si/c1-8-31-34(32-9-2,33-10-3)15-30-21(27)23(12-14-29-19(25)17(6)7)20(26)22-11-13-28-18(24)16(4)5/h4,6,8-15H2,1-3,5,7H3,(H,22,26). The molecule has 194 valence electrons. The first kappa shape index (κ1) is 31.3. The van der Waals surface area contributed by atoms with Gasteiger partial charge in [-0.2, -0.15) is 0 Å². The number of ether oxygens (including phenoxy) is 3. The number of esters is 2. The van der Waals surface area contributed by atoms with E-state index in [1.165, 1.54) is 13.8 Å². The van der Waals surface area contributed by atoms with Gasteiger partial charge in [0, 0.05) is 31.0 Å². The Kier molecular flexibility index (Phi) is 15.4. The Labute approximate surface area is 201 Å². The van der Waals surface area contributed by atoms with Crippen LogP contribution in [0.5, 0.6) is 0 Å². The molecule has 13 heteroatoms. The van der Waals surface area contributed by atoms with Crippen molar-refractivity contribution in [3.8, 4) is 0 Å². The zero-order valence-corrected chi connectivity index (χ0v) is 21.6. The lowest BCUT2D eigenvalue weighted by atomic mass is 10.4. The van der Waals surface area contributed by atoms with Gasteiger partial charge in [0.2, 0.25) is 0 Å². The summed E-state index contributed by atoms with van der Waals surface area (Å²) in [5.74, 6) is -1.28. The van der Waals surface area contributed by atoms with Crippen LogP contribution in [0.15, 0.2) is 24.3 Å². The molecule has 0 saturated heterocycles. The van der Waals surface area contributed by atoms with Crippen molar-refractivity contribution in [3.63, 3.8) is 0 Å². The van der Waals surface area contributed by atoms with Crippen molar-refractivity contribution in [2.75, 3.05) is 52.4 Å². The van der Waals surface area contributed by atoms with Crippen molar-refractivity contribution in [2.24, 2.45) is 0 Å². The van der Waals surface area contributed by atoms with Crippen molar-refractivity contribution in [3.05, 3.63) is 24.3 Å². The molecule has 1 N–H and O–H groups in total. The lowest BCUT2D eigenvalue weighted by Crippen LogP contribution is -2.53. The SMILES string of the molecule is C=C(C)C(=O)OCCNC(=O)N(CCOC(=O)C(=C)C)C(=O)OC[Si](OCC)(OCC)OCC. The van der Waals surface area contributed by atoms with Crippen LogP contribution < -0.4 is 5.32 Å². The number of urea groups is 1. The molecule has 0 bridgehead atoms. The fraction of sp³-hybridized carbons (Fsp3) is 0.619. The Bertz CT molecular complexity index is 711. The van der Waals surface area contributed by atoms with Crippen LogP contribution in [0.1, 0.15) is 34.6 Å². The number of carbonyl (C=O) groups is 4. The van der Waals surface area contributed by atoms with Crippen LogP contribution >= 0.6 is 0 Å². The summed E-state index contributed by atoms with van der Waals surface area (Å²) in [6.45, 7) is 15.1. The second-order valence-corrected chi connectivity index (χ2v) is 9.27. The van der Waals surface area contributed by atoms with Crippen LogP contribution in [-0.2, 0) is 37.1 Å². The van der Waals surface area contributed by atoms with Crippen molar-refractivity contribution in [1.29, 1.82) is 0 Å². The number of nitrogens with zero attached hydrogens (tertiary/aromatic N) is 1. The molecule has 0 saturated carbocycles. The van der Waals surface area contributed by atoms with E-state index < -0.39 is 32.9 Å². The summed E-state index contributed by atoms with van der Waals surface area (Å²) in [6.07, 6.45) is -1.36. The molecule has 0 heterocycles. The summed E-state index contributed by atoms with van der Waals surface area (Å²) < 4.78 is 32.0. The minimum Gasteiger partial charge on any atom is -0.460 e. The van der Waals surface area contributed by atoms with Gasteiger partial charge >= 0.3 is 32.9 Å². The lowest BCUT2D eigenvalue weighted by molar-refractivity contribution is -0.139. The topological polar surface area (TPSA) is 139 Å². The number of rotatable bonds is 16. The van der Waals surface area contributed by atoms with Crippen molar-refractivity contribution < 1.29 is 46.7 Å². The Morgan fingerprint density at radius 3 is 1.71 bits per heavy atom. The van der Waals surface area contributed by atoms with Gasteiger partial charge in [0.25, 0.3) is 0 Å². The summed E-state index contributed by atoms with van der Waals surface area (Å²) in [4.78, 5) is 49.1. The van der Waals surface area contributed by atoms with Gasteiger partial charge in [0.15, 0.2) is 6.23 Å². The molecule has 0 unspecified atom stereocenters. The van der Waals surface area contributed by atoms with E-state index in [1.807, 2.05) is 0 Å². The monoisotopic (exact) mass is 504 g/mol. The van der Waals surface area contributed by atoms with Gasteiger partial charge in [-0.15, -0.1) is 0 Å². The first-order chi connectivity index (χ1) is 16.0. The first-order valence-electron chi connectivity index (χ1n) is 10.8. The highest BCUT2D eigenvalue weighted by atomic mass is 28.4. The third-order valence-electron chi connectivity index (χ3n) is 3.79. The van der Waals surface area contributed by atoms with Crippen LogP contribution in [0, 0.1) is 0 Å². The Morgan fingerprint density at radius 2 is 1.26 bits per heavy atom. The van der Waals surface area contributed by atoms with Crippen LogP contribution in [-0.4, -0.2) is 90.1 Å². The minimum absolute atomic E-state index is 0.0806. The number of imide groups is 1. The number of nitrogens with one attached hydrogen (secondary N) is 1. The predicted octanol–water partition coefficient (Wildman–Crippen LogP) is 1.96. The van der Waals surface area contributed by atoms with Gasteiger partial charge in [-0.3, -0.25) is 0 Å². The fourth-order valence-electron chi connectivity index (χ4n) is 2.29. The second-order valence-electron chi connectivity index (χ2n) is 6.75. The van der Waals surface area contributed by atoms with E-state index in [2.05, 4.69) is 18.5 Å². The fourth-order valence-corrected chi connectivity index (χ4v) is 4.41. The predicted molar refractivity (Wildman–Crippen MR) is 124 cm³/mol. The van der Waals surface area contributed by atoms with E-state index in [0.29, 0.717) is 4.90 Å². The molecule has 0 spiro atoms. The zero-order chi connectivity index (χ0) is 26.1. The second kappa shape index (κ2) is 16.8. The van der Waals surface area contributed by atoms with Crippen LogP contribution in [0.25, 0.3) is 0 Å². The van der Waals surface area contributed by atoms with E-state index in [9.17, 15) is 19.2 Å². The zero-order valence-electron chi connectivity index (χ0n) is 20.6. The molecular weight excluding hydrogens is 468 g/mol. The molecule has 0 aromatic carbocycles. The van der Waals surface area contributed by atoms with Gasteiger partial charge < -0.3 is 32.8 Å². The third-order valence-corrected chi connectivity index (χ3v) is 6.47. The molecule has 0 fully saturated rings. The average Bonchev–Trinajstić information content (AvgIpc) is 2.77. The molecular formula is C21H36N2O10Si. The summed E-state index contributed by atoms with van der Waals surface area (Å²) in [5.41, 5.74) is 0.375. The normalized spacial score (nSPS) is 10.7. The van der Waals surface area contributed by atoms with Crippen LogP contribution in [0.4, 0.5) is 9.59 Å². The largest absolute Gasteiger partial charge is 0.540 e. The summed E-state index contributed by atoms with van der Waals surface area (Å²) in [7, 11) is -3.32. The minimum atomic E-state index is -3.32. The van der Waals surface area contributed by atoms with E-state index in [4.69, 9.17) is 27.5 Å². The number of carbonyl (C=O) groups excluding carboxylic acids is 4. The summed E-state index contributed by atoms with van der Waals surface area (Å²) in [5, 5.41) is 2.43. The van der Waals surface area contributed by atoms with Crippen LogP contribution in [0.2, 0.25) is 0 Å². The lowest BCUT2D eigenvalue weighted by Gasteiger charge is -2.29. The third kappa shape index (κ3) is 11.9. The highest BCUT2D eigenvalue weighted by Crippen LogP contribution is 2.12. The molecule has 0 aliphatic rings. The molecule has 0 aromatic heterocycles. The molecule has 12 nitrogen and oxygen atoms in total. The van der Waals surface area contributed by atoms with Crippen molar-refractivity contribution in [1.82, 2.24) is 10.2 Å². The first-order valence-corrected chi connectivity index (χ1v) is 12.8. The molecule has 34 heavy (non-hydrogen) atoms. The van der Waals surface area contributed by atoms with E-state index >= 15 is 0 Å². The van der Waals surface area contributed by atoms with Gasteiger partial charge in [0.05, 0.1) is 13.1 Å². The van der Waals surface area contributed by atoms with Gasteiger partial charge in [-0.25, -0.2) is 24.1 Å². The highest BCUT2D eigenvalue weighted by molar-refractivity contribution is 6.60. The molecule has 0 radical (unpaired) electrons. The number of amides is 3. The average molecular weight is 505 g/mol. The van der Waals surface area contributed by atoms with E-state index in [1.54, 1.807) is 20.8 Å². The molecule has 0 rings (SSSR count). The summed E-state index contributed by atoms with van der Waals surface area (Å²) in [6, 6.07) is -0.848. The Morgan fingerprint density at radius 1 is 0.794 bits per heavy atom. The maximum atomic E-state index is 12.7. The highest BCUT2D eigenvalue weighted by Gasteiger charge is 2.43. The van der Waals surface area contributed by atoms with Crippen molar-refractivity contribution in [2.45, 2.75) is 34.6 Å². The molecule has 0 aliphatic heterocycles. The number of hydrogen-bond acceptors (Lipinski definition) is 10. The molecule has 0 aromatic rings. The Balaban J connectivity index is 5.22. The van der Waals surface area contributed by atoms with Crippen LogP contribution in [0.3, 0.4) is 0 Å². The van der Waals surface area contributed by atoms with Gasteiger partial charge in [-0.1, -0.05) is 13.2 Å². The molecule has 3 amide bonds. The van der Waals surface area contributed by atoms with Crippen molar-refractivity contribution >= 4 is 32.9 Å². The quantitative estimate of drug-likeness (QED) is 0.109. The maximum Gasteiger partial charge on any atom is 0.540 e. The van der Waals surface area contributed by atoms with E-state index in [0.717, 1.165) is 0 Å². The number of hydrogen-bond donors (Lipinski definition) is 1. The smallest absolute Gasteiger partial charge is 0.460 e. The van der Waals surface area contributed by atoms with Gasteiger partial charge in [0.1, 0.15) is 13.2 Å².